The molecule has 0 aromatic heterocycles. The zero-order chi connectivity index (χ0) is 11.5. The molecule has 0 bridgehead atoms. The van der Waals surface area contributed by atoms with Crippen molar-refractivity contribution in [2.75, 3.05) is 45.8 Å². The largest absolute Gasteiger partial charge is 0.481 e. The molecule has 2 rings (SSSR count). The number of carbonyl (C=O) groups is 2. The van der Waals surface area contributed by atoms with E-state index < -0.39 is 5.97 Å². The van der Waals surface area contributed by atoms with E-state index in [1.165, 1.54) is 0 Å². The first-order valence-corrected chi connectivity index (χ1v) is 5.60. The van der Waals surface area contributed by atoms with Crippen LogP contribution in [0.5, 0.6) is 0 Å². The van der Waals surface area contributed by atoms with Crippen molar-refractivity contribution in [1.29, 1.82) is 0 Å². The number of aliphatic carboxylic acids is 1. The molecule has 1 amide bonds. The molecule has 0 saturated carbocycles. The number of carbonyl (C=O) groups excluding carboxylic acids is 1. The number of carboxylic acid groups (broad SMARTS) is 1. The summed E-state index contributed by atoms with van der Waals surface area (Å²) in [5, 5.41) is 11.9. The van der Waals surface area contributed by atoms with Crippen LogP contribution in [0.2, 0.25) is 0 Å². The second kappa shape index (κ2) is 4.80. The summed E-state index contributed by atoms with van der Waals surface area (Å²) in [6, 6.07) is 0. The van der Waals surface area contributed by atoms with Gasteiger partial charge in [0.05, 0.1) is 12.5 Å². The Hall–Kier alpha value is -1.14. The minimum Gasteiger partial charge on any atom is -0.481 e. The number of piperazine rings is 1. The third-order valence-corrected chi connectivity index (χ3v) is 3.15. The lowest BCUT2D eigenvalue weighted by molar-refractivity contribution is -0.153. The van der Waals surface area contributed by atoms with Gasteiger partial charge in [0.25, 0.3) is 0 Å². The Balaban J connectivity index is 1.71. The number of rotatable bonds is 3. The molecule has 2 saturated heterocycles. The molecule has 0 unspecified atom stereocenters. The quantitative estimate of drug-likeness (QED) is 0.610. The maximum atomic E-state index is 11.7. The lowest BCUT2D eigenvalue weighted by Gasteiger charge is -2.38. The summed E-state index contributed by atoms with van der Waals surface area (Å²) in [5.41, 5.74) is 0. The fourth-order valence-corrected chi connectivity index (χ4v) is 2.00. The van der Waals surface area contributed by atoms with Gasteiger partial charge >= 0.3 is 5.97 Å². The van der Waals surface area contributed by atoms with Crippen LogP contribution in [0.1, 0.15) is 0 Å². The lowest BCUT2D eigenvalue weighted by Crippen LogP contribution is -2.56. The fourth-order valence-electron chi connectivity index (χ4n) is 2.00. The van der Waals surface area contributed by atoms with E-state index >= 15 is 0 Å². The molecule has 2 fully saturated rings. The van der Waals surface area contributed by atoms with Gasteiger partial charge in [0.2, 0.25) is 5.91 Å². The van der Waals surface area contributed by atoms with Crippen molar-refractivity contribution in [2.45, 2.75) is 0 Å². The summed E-state index contributed by atoms with van der Waals surface area (Å²) >= 11 is 0. The van der Waals surface area contributed by atoms with Gasteiger partial charge in [-0.15, -0.1) is 0 Å². The van der Waals surface area contributed by atoms with Crippen molar-refractivity contribution in [3.63, 3.8) is 0 Å². The molecule has 2 aliphatic rings. The highest BCUT2D eigenvalue weighted by Gasteiger charge is 2.35. The average Bonchev–Trinajstić information content (AvgIpc) is 2.15. The minimum atomic E-state index is -0.800. The van der Waals surface area contributed by atoms with Gasteiger partial charge in [-0.1, -0.05) is 0 Å². The number of amides is 1. The van der Waals surface area contributed by atoms with Gasteiger partial charge < -0.3 is 15.3 Å². The molecular formula is C10H17N3O3. The van der Waals surface area contributed by atoms with Crippen LogP contribution in [0.3, 0.4) is 0 Å². The van der Waals surface area contributed by atoms with Crippen molar-refractivity contribution >= 4 is 11.9 Å². The molecule has 0 aromatic carbocycles. The highest BCUT2D eigenvalue weighted by Crippen LogP contribution is 2.15. The SMILES string of the molecule is O=C(O)C1CN(C(=O)CN2CCNCC2)C1. The number of nitrogens with zero attached hydrogens (tertiary/aromatic N) is 2. The number of hydrogen-bond donors (Lipinski definition) is 2. The second-order valence-electron chi connectivity index (χ2n) is 4.36. The Kier molecular flexibility index (Phi) is 3.40. The fraction of sp³-hybridized carbons (Fsp3) is 0.800. The summed E-state index contributed by atoms with van der Waals surface area (Å²) in [6.45, 7) is 4.80. The Morgan fingerprint density at radius 3 is 2.44 bits per heavy atom. The standard InChI is InChI=1S/C10H17N3O3/c14-9(7-12-3-1-11-2-4-12)13-5-8(6-13)10(15)16/h8,11H,1-7H2,(H,15,16). The minimum absolute atomic E-state index is 0.0550. The van der Waals surface area contributed by atoms with Crippen LogP contribution in [0.25, 0.3) is 0 Å². The van der Waals surface area contributed by atoms with Gasteiger partial charge in [0.15, 0.2) is 0 Å². The van der Waals surface area contributed by atoms with Crippen LogP contribution in [0.4, 0.5) is 0 Å². The number of carboxylic acids is 1. The number of hydrogen-bond acceptors (Lipinski definition) is 4. The summed E-state index contributed by atoms with van der Waals surface area (Å²) < 4.78 is 0. The lowest BCUT2D eigenvalue weighted by atomic mass is 10.0. The van der Waals surface area contributed by atoms with E-state index in [0.29, 0.717) is 19.6 Å². The highest BCUT2D eigenvalue weighted by molar-refractivity contribution is 5.82. The van der Waals surface area contributed by atoms with Crippen LogP contribution in [-0.2, 0) is 9.59 Å². The Morgan fingerprint density at radius 1 is 1.25 bits per heavy atom. The second-order valence-corrected chi connectivity index (χ2v) is 4.36. The molecule has 0 spiro atoms. The summed E-state index contributed by atoms with van der Waals surface area (Å²) in [7, 11) is 0. The molecule has 90 valence electrons. The summed E-state index contributed by atoms with van der Waals surface area (Å²) in [6.07, 6.45) is 0. The Bertz CT molecular complexity index is 283. The normalized spacial score (nSPS) is 22.9. The van der Waals surface area contributed by atoms with E-state index in [1.54, 1.807) is 4.90 Å². The van der Waals surface area contributed by atoms with Gasteiger partial charge in [-0.2, -0.15) is 0 Å². The molecule has 2 aliphatic heterocycles. The zero-order valence-electron chi connectivity index (χ0n) is 9.19. The smallest absolute Gasteiger partial charge is 0.310 e. The van der Waals surface area contributed by atoms with Crippen LogP contribution in [-0.4, -0.2) is 72.6 Å². The third kappa shape index (κ3) is 2.51. The first-order chi connectivity index (χ1) is 7.66. The Labute approximate surface area is 94.2 Å². The van der Waals surface area contributed by atoms with E-state index in [4.69, 9.17) is 5.11 Å². The van der Waals surface area contributed by atoms with E-state index in [1.807, 2.05) is 0 Å². The molecule has 2 heterocycles. The summed E-state index contributed by atoms with van der Waals surface area (Å²) in [5.74, 6) is -1.10. The van der Waals surface area contributed by atoms with Gasteiger partial charge in [0.1, 0.15) is 0 Å². The first-order valence-electron chi connectivity index (χ1n) is 5.60. The molecular weight excluding hydrogens is 210 g/mol. The highest BCUT2D eigenvalue weighted by atomic mass is 16.4. The third-order valence-electron chi connectivity index (χ3n) is 3.15. The van der Waals surface area contributed by atoms with Crippen LogP contribution < -0.4 is 5.32 Å². The van der Waals surface area contributed by atoms with Crippen LogP contribution in [0, 0.1) is 5.92 Å². The van der Waals surface area contributed by atoms with Crippen molar-refractivity contribution in [3.05, 3.63) is 0 Å². The predicted molar refractivity (Wildman–Crippen MR) is 57.0 cm³/mol. The molecule has 0 atom stereocenters. The number of likely N-dealkylation sites (tertiary alicyclic amines) is 1. The molecule has 0 aliphatic carbocycles. The predicted octanol–water partition coefficient (Wildman–Crippen LogP) is -1.57. The monoisotopic (exact) mass is 227 g/mol. The van der Waals surface area contributed by atoms with Gasteiger partial charge in [-0.25, -0.2) is 0 Å². The van der Waals surface area contributed by atoms with Gasteiger partial charge in [-0.3, -0.25) is 14.5 Å². The maximum absolute atomic E-state index is 11.7. The van der Waals surface area contributed by atoms with Crippen molar-refractivity contribution in [1.82, 2.24) is 15.1 Å². The summed E-state index contributed by atoms with van der Waals surface area (Å²) in [4.78, 5) is 26.0. The topological polar surface area (TPSA) is 72.9 Å². The van der Waals surface area contributed by atoms with Crippen molar-refractivity contribution < 1.29 is 14.7 Å². The maximum Gasteiger partial charge on any atom is 0.310 e. The van der Waals surface area contributed by atoms with E-state index in [-0.39, 0.29) is 11.8 Å². The molecule has 6 heteroatoms. The molecule has 16 heavy (non-hydrogen) atoms. The molecule has 0 radical (unpaired) electrons. The van der Waals surface area contributed by atoms with Crippen molar-refractivity contribution in [2.24, 2.45) is 5.92 Å². The molecule has 6 nitrogen and oxygen atoms in total. The molecule has 2 N–H and O–H groups in total. The Morgan fingerprint density at radius 2 is 1.88 bits per heavy atom. The van der Waals surface area contributed by atoms with E-state index in [2.05, 4.69) is 10.2 Å². The first kappa shape index (κ1) is 11.3. The van der Waals surface area contributed by atoms with Crippen LogP contribution >= 0.6 is 0 Å². The zero-order valence-corrected chi connectivity index (χ0v) is 9.19. The van der Waals surface area contributed by atoms with Gasteiger partial charge in [0, 0.05) is 39.3 Å². The number of nitrogens with one attached hydrogen (secondary N) is 1. The van der Waals surface area contributed by atoms with E-state index in [9.17, 15) is 9.59 Å². The molecule has 0 aromatic rings. The average molecular weight is 227 g/mol. The van der Waals surface area contributed by atoms with Crippen LogP contribution in [0.15, 0.2) is 0 Å². The van der Waals surface area contributed by atoms with Gasteiger partial charge in [-0.05, 0) is 0 Å². The van der Waals surface area contributed by atoms with Crippen molar-refractivity contribution in [3.8, 4) is 0 Å². The van der Waals surface area contributed by atoms with E-state index in [0.717, 1.165) is 26.2 Å².